The van der Waals surface area contributed by atoms with Crippen molar-refractivity contribution in [2.45, 2.75) is 17.7 Å². The zero-order valence-corrected chi connectivity index (χ0v) is 10.7. The predicted molar refractivity (Wildman–Crippen MR) is 69.6 cm³/mol. The van der Waals surface area contributed by atoms with Gasteiger partial charge in [0.25, 0.3) is 0 Å². The smallest absolute Gasteiger partial charge is 0.142 e. The Morgan fingerprint density at radius 2 is 2.29 bits per heavy atom. The maximum atomic E-state index is 5.50. The zero-order chi connectivity index (χ0) is 12.3. The number of pyridine rings is 1. The normalized spacial score (nSPS) is 10.5. The average molecular weight is 249 g/mol. The lowest BCUT2D eigenvalue weighted by atomic mass is 10.3. The average Bonchev–Trinajstić information content (AvgIpc) is 2.62. The van der Waals surface area contributed by atoms with Crippen LogP contribution in [0.5, 0.6) is 0 Å². The van der Waals surface area contributed by atoms with Crippen LogP contribution in [0.1, 0.15) is 11.3 Å². The number of aromatic nitrogens is 3. The number of thioether (sulfide) groups is 1. The van der Waals surface area contributed by atoms with Gasteiger partial charge in [-0.3, -0.25) is 4.68 Å². The number of hydrogen-bond acceptors (Lipinski definition) is 5. The molecule has 0 atom stereocenters. The number of nitrogens with one attached hydrogen (secondary N) is 1. The second-order valence-electron chi connectivity index (χ2n) is 3.64. The molecule has 2 rings (SSSR count). The van der Waals surface area contributed by atoms with E-state index in [1.165, 1.54) is 0 Å². The minimum Gasteiger partial charge on any atom is -0.308 e. The number of nitrogens with two attached hydrogens (primary N) is 1. The molecule has 6 heteroatoms. The monoisotopic (exact) mass is 249 g/mol. The Kier molecular flexibility index (Phi) is 3.65. The molecule has 3 N–H and O–H groups in total. The summed E-state index contributed by atoms with van der Waals surface area (Å²) in [5.41, 5.74) is 4.79. The lowest BCUT2D eigenvalue weighted by Crippen LogP contribution is -2.12. The quantitative estimate of drug-likeness (QED) is 0.490. The van der Waals surface area contributed by atoms with Crippen molar-refractivity contribution >= 4 is 17.6 Å². The molecule has 0 saturated heterocycles. The molecule has 0 radical (unpaired) electrons. The molecule has 0 bridgehead atoms. The Morgan fingerprint density at radius 3 is 2.94 bits per heavy atom. The van der Waals surface area contributed by atoms with Gasteiger partial charge in [-0.05, 0) is 19.1 Å². The Bertz CT molecular complexity index is 494. The number of aryl methyl sites for hydroxylation is 2. The molecule has 2 aromatic heterocycles. The highest BCUT2D eigenvalue weighted by Crippen LogP contribution is 2.26. The third kappa shape index (κ3) is 2.59. The first kappa shape index (κ1) is 11.9. The van der Waals surface area contributed by atoms with Gasteiger partial charge in [-0.1, -0.05) is 6.07 Å². The predicted octanol–water partition coefficient (Wildman–Crippen LogP) is 1.70. The van der Waals surface area contributed by atoms with E-state index in [0.29, 0.717) is 0 Å². The molecule has 17 heavy (non-hydrogen) atoms. The number of nitrogen functional groups attached to an aromatic ring is 1. The lowest BCUT2D eigenvalue weighted by molar-refractivity contribution is 0.760. The minimum atomic E-state index is 0.802. The van der Waals surface area contributed by atoms with Crippen molar-refractivity contribution in [1.29, 1.82) is 0 Å². The lowest BCUT2D eigenvalue weighted by Gasteiger charge is -2.04. The van der Waals surface area contributed by atoms with Crippen molar-refractivity contribution < 1.29 is 0 Å². The summed E-state index contributed by atoms with van der Waals surface area (Å²) in [6.45, 7) is 1.98. The summed E-state index contributed by atoms with van der Waals surface area (Å²) < 4.78 is 1.75. The fourth-order valence-corrected chi connectivity index (χ4v) is 2.58. The summed E-state index contributed by atoms with van der Waals surface area (Å²) in [6.07, 6.45) is 1.79. The summed E-state index contributed by atoms with van der Waals surface area (Å²) in [5.74, 6) is 7.15. The van der Waals surface area contributed by atoms with E-state index in [4.69, 9.17) is 5.84 Å². The van der Waals surface area contributed by atoms with Gasteiger partial charge in [0.15, 0.2) is 0 Å². The van der Waals surface area contributed by atoms with Gasteiger partial charge in [-0.2, -0.15) is 5.10 Å². The molecule has 0 amide bonds. The van der Waals surface area contributed by atoms with Gasteiger partial charge in [0.1, 0.15) is 5.82 Å². The van der Waals surface area contributed by atoms with E-state index in [1.807, 2.05) is 32.2 Å². The second kappa shape index (κ2) is 5.20. The van der Waals surface area contributed by atoms with Gasteiger partial charge in [0, 0.05) is 24.6 Å². The van der Waals surface area contributed by atoms with Gasteiger partial charge in [0.2, 0.25) is 0 Å². The van der Waals surface area contributed by atoms with E-state index in [2.05, 4.69) is 15.5 Å². The summed E-state index contributed by atoms with van der Waals surface area (Å²) >= 11 is 1.67. The van der Waals surface area contributed by atoms with Crippen LogP contribution in [0.4, 0.5) is 5.82 Å². The fourth-order valence-electron chi connectivity index (χ4n) is 1.63. The molecular weight excluding hydrogens is 234 g/mol. The van der Waals surface area contributed by atoms with Crippen LogP contribution < -0.4 is 11.3 Å². The number of nitrogens with zero attached hydrogens (tertiary/aromatic N) is 3. The maximum Gasteiger partial charge on any atom is 0.142 e. The Morgan fingerprint density at radius 1 is 1.47 bits per heavy atom. The van der Waals surface area contributed by atoms with E-state index in [0.717, 1.165) is 27.9 Å². The van der Waals surface area contributed by atoms with Crippen molar-refractivity contribution in [2.75, 3.05) is 5.43 Å². The molecule has 2 heterocycles. The summed E-state index contributed by atoms with van der Waals surface area (Å²) in [6, 6.07) is 5.88. The van der Waals surface area contributed by atoms with Gasteiger partial charge in [0.05, 0.1) is 10.7 Å². The summed E-state index contributed by atoms with van der Waals surface area (Å²) in [4.78, 5) is 4.27. The zero-order valence-electron chi connectivity index (χ0n) is 9.84. The Balaban J connectivity index is 2.14. The SMILES string of the molecule is Cc1nn(C)c(NN)c1CSc1ccccn1. The number of hydrogen-bond donors (Lipinski definition) is 2. The number of anilines is 1. The van der Waals surface area contributed by atoms with Gasteiger partial charge < -0.3 is 5.43 Å². The van der Waals surface area contributed by atoms with Crippen molar-refractivity contribution in [1.82, 2.24) is 14.8 Å². The van der Waals surface area contributed by atoms with Crippen LogP contribution in [0.15, 0.2) is 29.4 Å². The third-order valence-corrected chi connectivity index (χ3v) is 3.46. The first-order chi connectivity index (χ1) is 8.22. The fraction of sp³-hybridized carbons (Fsp3) is 0.273. The van der Waals surface area contributed by atoms with Crippen LogP contribution in [-0.2, 0) is 12.8 Å². The molecule has 90 valence electrons. The Labute approximate surface area is 104 Å². The van der Waals surface area contributed by atoms with Crippen molar-refractivity contribution in [3.05, 3.63) is 35.7 Å². The number of rotatable bonds is 4. The van der Waals surface area contributed by atoms with Crippen molar-refractivity contribution in [3.63, 3.8) is 0 Å². The van der Waals surface area contributed by atoms with Gasteiger partial charge in [-0.25, -0.2) is 10.8 Å². The molecular formula is C11H15N5S. The molecule has 0 aliphatic rings. The molecule has 0 fully saturated rings. The van der Waals surface area contributed by atoms with E-state index in [9.17, 15) is 0 Å². The van der Waals surface area contributed by atoms with Gasteiger partial charge >= 0.3 is 0 Å². The standard InChI is InChI=1S/C11H15N5S/c1-8-9(11(14-12)16(2)15-8)7-17-10-5-3-4-6-13-10/h3-6,14H,7,12H2,1-2H3. The van der Waals surface area contributed by atoms with Gasteiger partial charge in [-0.15, -0.1) is 11.8 Å². The first-order valence-electron chi connectivity index (χ1n) is 5.25. The molecule has 0 aliphatic carbocycles. The maximum absolute atomic E-state index is 5.50. The van der Waals surface area contributed by atoms with E-state index < -0.39 is 0 Å². The summed E-state index contributed by atoms with van der Waals surface area (Å²) in [7, 11) is 1.87. The van der Waals surface area contributed by atoms with Crippen molar-refractivity contribution in [3.8, 4) is 0 Å². The summed E-state index contributed by atoms with van der Waals surface area (Å²) in [5, 5.41) is 5.33. The molecule has 0 saturated carbocycles. The molecule has 0 spiro atoms. The van der Waals surface area contributed by atoms with Crippen LogP contribution in [0, 0.1) is 6.92 Å². The highest BCUT2D eigenvalue weighted by Gasteiger charge is 2.12. The highest BCUT2D eigenvalue weighted by atomic mass is 32.2. The number of hydrazine groups is 1. The Hall–Kier alpha value is -1.53. The molecule has 2 aromatic rings. The van der Waals surface area contributed by atoms with E-state index in [1.54, 1.807) is 22.6 Å². The van der Waals surface area contributed by atoms with Crippen LogP contribution >= 0.6 is 11.8 Å². The molecule has 5 nitrogen and oxygen atoms in total. The minimum absolute atomic E-state index is 0.802. The molecule has 0 aromatic carbocycles. The molecule has 0 unspecified atom stereocenters. The second-order valence-corrected chi connectivity index (χ2v) is 4.63. The van der Waals surface area contributed by atoms with Crippen LogP contribution in [-0.4, -0.2) is 14.8 Å². The highest BCUT2D eigenvalue weighted by molar-refractivity contribution is 7.98. The first-order valence-corrected chi connectivity index (χ1v) is 6.24. The van der Waals surface area contributed by atoms with Crippen molar-refractivity contribution in [2.24, 2.45) is 12.9 Å². The van der Waals surface area contributed by atoms with Crippen LogP contribution in [0.2, 0.25) is 0 Å². The topological polar surface area (TPSA) is 68.8 Å². The van der Waals surface area contributed by atoms with Crippen LogP contribution in [0.25, 0.3) is 0 Å². The molecule has 0 aliphatic heterocycles. The van der Waals surface area contributed by atoms with E-state index in [-0.39, 0.29) is 0 Å². The third-order valence-electron chi connectivity index (χ3n) is 2.49. The largest absolute Gasteiger partial charge is 0.308 e. The van der Waals surface area contributed by atoms with E-state index >= 15 is 0 Å². The van der Waals surface area contributed by atoms with Crippen LogP contribution in [0.3, 0.4) is 0 Å².